The normalized spacial score (nSPS) is 15.3. The van der Waals surface area contributed by atoms with E-state index in [4.69, 9.17) is 9.57 Å². The van der Waals surface area contributed by atoms with E-state index in [-0.39, 0.29) is 38.5 Å². The molecule has 12 nitrogen and oxygen atoms in total. The van der Waals surface area contributed by atoms with Gasteiger partial charge in [-0.3, -0.25) is 14.4 Å². The molecule has 0 aliphatic carbocycles. The van der Waals surface area contributed by atoms with Crippen molar-refractivity contribution in [2.75, 3.05) is 14.2 Å². The molecule has 0 radical (unpaired) electrons. The summed E-state index contributed by atoms with van der Waals surface area (Å²) >= 11 is 0. The molecule has 1 heterocycles. The Bertz CT molecular complexity index is 647. The van der Waals surface area contributed by atoms with Gasteiger partial charge in [-0.05, 0) is 19.8 Å². The molecule has 0 spiro atoms. The monoisotopic (exact) mass is 416 g/mol. The number of nitrogens with one attached hydrogen (secondary N) is 1. The summed E-state index contributed by atoms with van der Waals surface area (Å²) < 4.78 is 14.1. The first-order valence-corrected chi connectivity index (χ1v) is 8.86. The molecule has 12 heteroatoms. The fourth-order valence-electron chi connectivity index (χ4n) is 2.30. The summed E-state index contributed by atoms with van der Waals surface area (Å²) in [5, 5.41) is 2.71. The molecule has 0 bridgehead atoms. The van der Waals surface area contributed by atoms with Gasteiger partial charge in [-0.2, -0.15) is 0 Å². The van der Waals surface area contributed by atoms with Crippen LogP contribution in [0.3, 0.4) is 0 Å². The van der Waals surface area contributed by atoms with Crippen LogP contribution in [-0.2, 0) is 43.0 Å². The van der Waals surface area contributed by atoms with Gasteiger partial charge in [0.2, 0.25) is 0 Å². The molecule has 0 aromatic heterocycles. The minimum atomic E-state index is -1.11. The maximum atomic E-state index is 11.9. The van der Waals surface area contributed by atoms with Gasteiger partial charge in [-0.25, -0.2) is 14.4 Å². The zero-order valence-electron chi connectivity index (χ0n) is 16.4. The van der Waals surface area contributed by atoms with Crippen LogP contribution < -0.4 is 5.32 Å². The van der Waals surface area contributed by atoms with Crippen LogP contribution in [0.5, 0.6) is 0 Å². The second-order valence-corrected chi connectivity index (χ2v) is 6.13. The number of carbonyl (C=O) groups is 6. The standard InChI is InChI=1S/C17H24N2O10/c1-10(4-8-15(23)29-19-12(20)6-7-13(19)21)28-17(25)18-11(16(24)27-3)5-9-14(22)26-2/h10-11H,4-9H2,1-3H3,(H,18,25)/t10-,11+/m1/s1. The first-order chi connectivity index (χ1) is 13.7. The van der Waals surface area contributed by atoms with Crippen LogP contribution in [0, 0.1) is 0 Å². The van der Waals surface area contributed by atoms with Crippen LogP contribution in [0.15, 0.2) is 0 Å². The largest absolute Gasteiger partial charge is 0.469 e. The number of hydroxylamine groups is 2. The molecule has 1 aliphatic rings. The lowest BCUT2D eigenvalue weighted by Crippen LogP contribution is -2.43. The van der Waals surface area contributed by atoms with E-state index >= 15 is 0 Å². The number of methoxy groups -OCH3 is 2. The van der Waals surface area contributed by atoms with Crippen molar-refractivity contribution in [1.29, 1.82) is 0 Å². The van der Waals surface area contributed by atoms with E-state index in [1.807, 2.05) is 0 Å². The number of carbonyl (C=O) groups excluding carboxylic acids is 6. The predicted molar refractivity (Wildman–Crippen MR) is 92.5 cm³/mol. The van der Waals surface area contributed by atoms with Crippen molar-refractivity contribution in [3.05, 3.63) is 0 Å². The van der Waals surface area contributed by atoms with Crippen LogP contribution in [0.25, 0.3) is 0 Å². The van der Waals surface area contributed by atoms with Gasteiger partial charge in [0.1, 0.15) is 12.1 Å². The summed E-state index contributed by atoms with van der Waals surface area (Å²) in [6.07, 6.45) is -2.05. The number of ether oxygens (including phenoxy) is 3. The summed E-state index contributed by atoms with van der Waals surface area (Å²) in [6, 6.07) is -1.11. The summed E-state index contributed by atoms with van der Waals surface area (Å²) in [6.45, 7) is 1.50. The van der Waals surface area contributed by atoms with E-state index in [9.17, 15) is 28.8 Å². The van der Waals surface area contributed by atoms with Gasteiger partial charge in [0, 0.05) is 19.3 Å². The van der Waals surface area contributed by atoms with Crippen molar-refractivity contribution >= 4 is 35.8 Å². The lowest BCUT2D eigenvalue weighted by Gasteiger charge is -2.18. The van der Waals surface area contributed by atoms with E-state index in [0.29, 0.717) is 5.06 Å². The van der Waals surface area contributed by atoms with Crippen LogP contribution in [-0.4, -0.2) is 67.2 Å². The zero-order chi connectivity index (χ0) is 22.0. The van der Waals surface area contributed by atoms with E-state index < -0.39 is 48.0 Å². The Morgan fingerprint density at radius 1 is 0.966 bits per heavy atom. The smallest absolute Gasteiger partial charge is 0.408 e. The maximum Gasteiger partial charge on any atom is 0.408 e. The lowest BCUT2D eigenvalue weighted by atomic mass is 10.1. The molecular weight excluding hydrogens is 392 g/mol. The number of amides is 3. The Balaban J connectivity index is 2.41. The SMILES string of the molecule is COC(=O)CC[C@H](NC(=O)O[C@H](C)CCC(=O)ON1C(=O)CCC1=O)C(=O)OC. The quantitative estimate of drug-likeness (QED) is 0.292. The molecule has 1 rings (SSSR count). The molecule has 0 aromatic carbocycles. The van der Waals surface area contributed by atoms with E-state index in [2.05, 4.69) is 14.8 Å². The average Bonchev–Trinajstić information content (AvgIpc) is 3.00. The Labute approximate surface area is 166 Å². The highest BCUT2D eigenvalue weighted by molar-refractivity contribution is 6.01. The predicted octanol–water partition coefficient (Wildman–Crippen LogP) is -0.0167. The van der Waals surface area contributed by atoms with Gasteiger partial charge in [-0.1, -0.05) is 0 Å². The van der Waals surface area contributed by atoms with Crippen molar-refractivity contribution in [3.8, 4) is 0 Å². The highest BCUT2D eigenvalue weighted by atomic mass is 16.7. The molecule has 3 amide bonds. The van der Waals surface area contributed by atoms with Crippen molar-refractivity contribution in [2.45, 2.75) is 57.6 Å². The van der Waals surface area contributed by atoms with E-state index in [1.54, 1.807) is 0 Å². The molecular formula is C17H24N2O10. The number of rotatable bonds is 10. The Hall–Kier alpha value is -3.18. The Kier molecular flexibility index (Phi) is 9.56. The fourth-order valence-corrected chi connectivity index (χ4v) is 2.30. The molecule has 1 aliphatic heterocycles. The second kappa shape index (κ2) is 11.6. The van der Waals surface area contributed by atoms with Gasteiger partial charge in [0.05, 0.1) is 20.6 Å². The van der Waals surface area contributed by atoms with Gasteiger partial charge in [0.25, 0.3) is 11.8 Å². The number of imide groups is 1. The van der Waals surface area contributed by atoms with Gasteiger partial charge < -0.3 is 24.4 Å². The van der Waals surface area contributed by atoms with Crippen molar-refractivity contribution < 1.29 is 47.8 Å². The van der Waals surface area contributed by atoms with Crippen molar-refractivity contribution in [1.82, 2.24) is 10.4 Å². The summed E-state index contributed by atoms with van der Waals surface area (Å²) in [4.78, 5) is 74.0. The molecule has 1 fully saturated rings. The van der Waals surface area contributed by atoms with Crippen LogP contribution in [0.2, 0.25) is 0 Å². The van der Waals surface area contributed by atoms with Gasteiger partial charge in [0.15, 0.2) is 0 Å². The lowest BCUT2D eigenvalue weighted by molar-refractivity contribution is -0.197. The topological polar surface area (TPSA) is 155 Å². The van der Waals surface area contributed by atoms with Crippen LogP contribution in [0.1, 0.15) is 45.4 Å². The minimum absolute atomic E-state index is 0.0108. The molecule has 0 unspecified atom stereocenters. The van der Waals surface area contributed by atoms with E-state index in [1.165, 1.54) is 14.0 Å². The summed E-state index contributed by atoms with van der Waals surface area (Å²) in [5.74, 6) is -3.33. The van der Waals surface area contributed by atoms with Crippen LogP contribution in [0.4, 0.5) is 4.79 Å². The number of hydrogen-bond donors (Lipinski definition) is 1. The minimum Gasteiger partial charge on any atom is -0.469 e. The third-order valence-corrected chi connectivity index (χ3v) is 3.90. The highest BCUT2D eigenvalue weighted by Crippen LogP contribution is 2.13. The molecule has 1 saturated heterocycles. The third-order valence-electron chi connectivity index (χ3n) is 3.90. The van der Waals surface area contributed by atoms with Gasteiger partial charge in [-0.15, -0.1) is 5.06 Å². The highest BCUT2D eigenvalue weighted by Gasteiger charge is 2.33. The maximum absolute atomic E-state index is 11.9. The van der Waals surface area contributed by atoms with Gasteiger partial charge >= 0.3 is 24.0 Å². The molecule has 0 saturated carbocycles. The first kappa shape index (κ1) is 23.9. The second-order valence-electron chi connectivity index (χ2n) is 6.13. The van der Waals surface area contributed by atoms with Crippen molar-refractivity contribution in [2.24, 2.45) is 0 Å². The Morgan fingerprint density at radius 3 is 2.10 bits per heavy atom. The molecule has 29 heavy (non-hydrogen) atoms. The molecule has 0 aromatic rings. The van der Waals surface area contributed by atoms with E-state index in [0.717, 1.165) is 7.11 Å². The molecule has 162 valence electrons. The summed E-state index contributed by atoms with van der Waals surface area (Å²) in [5.41, 5.74) is 0. The van der Waals surface area contributed by atoms with Crippen LogP contribution >= 0.6 is 0 Å². The third kappa shape index (κ3) is 8.15. The zero-order valence-corrected chi connectivity index (χ0v) is 16.4. The number of nitrogens with zero attached hydrogens (tertiary/aromatic N) is 1. The average molecular weight is 416 g/mol. The molecule has 1 N–H and O–H groups in total. The van der Waals surface area contributed by atoms with Crippen molar-refractivity contribution in [3.63, 3.8) is 0 Å². The summed E-state index contributed by atoms with van der Waals surface area (Å²) in [7, 11) is 2.32. The number of hydrogen-bond acceptors (Lipinski definition) is 10. The Morgan fingerprint density at radius 2 is 1.55 bits per heavy atom. The number of alkyl carbamates (subject to hydrolysis) is 1. The molecule has 2 atom stereocenters. The fraction of sp³-hybridized carbons (Fsp3) is 0.647. The first-order valence-electron chi connectivity index (χ1n) is 8.86. The number of esters is 2.